The molecule has 1 amide bonds. The van der Waals surface area contributed by atoms with Crippen molar-refractivity contribution in [3.8, 4) is 0 Å². The minimum atomic E-state index is -0.441. The SMILES string of the molecule is CC(C)(C)OC(=O)N1CCC(NCc2nc3ccccc3s2)C1. The number of thiazole rings is 1. The topological polar surface area (TPSA) is 54.5 Å². The fraction of sp³-hybridized carbons (Fsp3) is 0.529. The van der Waals surface area contributed by atoms with Crippen LogP contribution in [0, 0.1) is 0 Å². The predicted octanol–water partition coefficient (Wildman–Crippen LogP) is 3.40. The molecule has 1 aromatic heterocycles. The highest BCUT2D eigenvalue weighted by atomic mass is 32.1. The van der Waals surface area contributed by atoms with Crippen molar-refractivity contribution in [2.75, 3.05) is 13.1 Å². The highest BCUT2D eigenvalue weighted by Crippen LogP contribution is 2.22. The summed E-state index contributed by atoms with van der Waals surface area (Å²) < 4.78 is 6.64. The molecule has 1 atom stereocenters. The standard InChI is InChI=1S/C17H23N3O2S/c1-17(2,3)22-16(21)20-9-8-12(11-20)18-10-15-19-13-6-4-5-7-14(13)23-15/h4-7,12,18H,8-11H2,1-3H3. The quantitative estimate of drug-likeness (QED) is 0.935. The number of nitrogens with zero attached hydrogens (tertiary/aromatic N) is 2. The summed E-state index contributed by atoms with van der Waals surface area (Å²) in [4.78, 5) is 18.5. The van der Waals surface area contributed by atoms with E-state index in [0.717, 1.165) is 30.0 Å². The van der Waals surface area contributed by atoms with E-state index in [1.807, 2.05) is 39.0 Å². The molecule has 1 N–H and O–H groups in total. The molecule has 1 unspecified atom stereocenters. The number of hydrogen-bond donors (Lipinski definition) is 1. The molecule has 5 nitrogen and oxygen atoms in total. The number of ether oxygens (including phenoxy) is 1. The summed E-state index contributed by atoms with van der Waals surface area (Å²) >= 11 is 1.72. The largest absolute Gasteiger partial charge is 0.444 e. The van der Waals surface area contributed by atoms with Gasteiger partial charge in [-0.15, -0.1) is 11.3 Å². The van der Waals surface area contributed by atoms with Crippen LogP contribution < -0.4 is 5.32 Å². The van der Waals surface area contributed by atoms with Crippen LogP contribution in [-0.2, 0) is 11.3 Å². The number of amides is 1. The summed E-state index contributed by atoms with van der Waals surface area (Å²) in [6.45, 7) is 7.86. The molecular formula is C17H23N3O2S. The predicted molar refractivity (Wildman–Crippen MR) is 92.7 cm³/mol. The Hall–Kier alpha value is -1.66. The first kappa shape index (κ1) is 16.2. The van der Waals surface area contributed by atoms with Gasteiger partial charge >= 0.3 is 6.09 Å². The van der Waals surface area contributed by atoms with Gasteiger partial charge in [-0.2, -0.15) is 0 Å². The molecule has 1 saturated heterocycles. The Balaban J connectivity index is 1.51. The summed E-state index contributed by atoms with van der Waals surface area (Å²) in [5.41, 5.74) is 0.611. The van der Waals surface area contributed by atoms with Crippen LogP contribution in [0.3, 0.4) is 0 Å². The monoisotopic (exact) mass is 333 g/mol. The minimum Gasteiger partial charge on any atom is -0.444 e. The van der Waals surface area contributed by atoms with Crippen molar-refractivity contribution in [3.63, 3.8) is 0 Å². The molecule has 1 aliphatic heterocycles. The molecule has 124 valence electrons. The molecule has 0 spiro atoms. The van der Waals surface area contributed by atoms with Gasteiger partial charge in [-0.3, -0.25) is 0 Å². The zero-order chi connectivity index (χ0) is 16.4. The summed E-state index contributed by atoms with van der Waals surface area (Å²) in [6.07, 6.45) is 0.728. The molecule has 1 aliphatic rings. The Bertz CT molecular complexity index is 659. The van der Waals surface area contributed by atoms with Gasteiger partial charge in [0.25, 0.3) is 0 Å². The van der Waals surface area contributed by atoms with Crippen molar-refractivity contribution in [1.29, 1.82) is 0 Å². The lowest BCUT2D eigenvalue weighted by atomic mass is 10.2. The molecular weight excluding hydrogens is 310 g/mol. The molecule has 1 aromatic carbocycles. The molecule has 0 radical (unpaired) electrons. The lowest BCUT2D eigenvalue weighted by Crippen LogP contribution is -2.38. The molecule has 0 aliphatic carbocycles. The Morgan fingerprint density at radius 2 is 2.22 bits per heavy atom. The fourth-order valence-corrected chi connectivity index (χ4v) is 3.56. The Labute approximate surface area is 140 Å². The number of para-hydroxylation sites is 1. The minimum absolute atomic E-state index is 0.221. The normalized spacial score (nSPS) is 18.6. The maximum Gasteiger partial charge on any atom is 0.410 e. The van der Waals surface area contributed by atoms with E-state index in [-0.39, 0.29) is 6.09 Å². The second-order valence-corrected chi connectivity index (χ2v) is 7.98. The number of carbonyl (C=O) groups is 1. The van der Waals surface area contributed by atoms with Gasteiger partial charge < -0.3 is 15.0 Å². The van der Waals surface area contributed by atoms with E-state index in [4.69, 9.17) is 4.74 Å². The summed E-state index contributed by atoms with van der Waals surface area (Å²) in [7, 11) is 0. The number of fused-ring (bicyclic) bond motifs is 1. The third-order valence-corrected chi connectivity index (χ3v) is 4.76. The third-order valence-electron chi connectivity index (χ3n) is 3.72. The van der Waals surface area contributed by atoms with Gasteiger partial charge in [-0.1, -0.05) is 12.1 Å². The van der Waals surface area contributed by atoms with Gasteiger partial charge in [-0.25, -0.2) is 9.78 Å². The second-order valence-electron chi connectivity index (χ2n) is 6.87. The van der Waals surface area contributed by atoms with Crippen molar-refractivity contribution >= 4 is 27.6 Å². The van der Waals surface area contributed by atoms with Crippen LogP contribution in [0.2, 0.25) is 0 Å². The maximum absolute atomic E-state index is 12.1. The van der Waals surface area contributed by atoms with E-state index in [0.29, 0.717) is 12.6 Å². The van der Waals surface area contributed by atoms with Crippen molar-refractivity contribution < 1.29 is 9.53 Å². The van der Waals surface area contributed by atoms with E-state index in [2.05, 4.69) is 16.4 Å². The number of nitrogens with one attached hydrogen (secondary N) is 1. The Morgan fingerprint density at radius 1 is 1.43 bits per heavy atom. The van der Waals surface area contributed by atoms with E-state index in [1.165, 1.54) is 4.70 Å². The first-order valence-electron chi connectivity index (χ1n) is 7.96. The zero-order valence-electron chi connectivity index (χ0n) is 13.8. The first-order chi connectivity index (χ1) is 10.9. The Kier molecular flexibility index (Phi) is 4.55. The number of benzene rings is 1. The van der Waals surface area contributed by atoms with Gasteiger partial charge in [0.2, 0.25) is 0 Å². The van der Waals surface area contributed by atoms with Crippen molar-refractivity contribution in [2.24, 2.45) is 0 Å². The van der Waals surface area contributed by atoms with Crippen LogP contribution in [-0.4, -0.2) is 40.7 Å². The fourth-order valence-electron chi connectivity index (χ4n) is 2.65. The molecule has 6 heteroatoms. The summed E-state index contributed by atoms with van der Waals surface area (Å²) in [5.74, 6) is 0. The zero-order valence-corrected chi connectivity index (χ0v) is 14.7. The number of rotatable bonds is 3. The van der Waals surface area contributed by atoms with Crippen molar-refractivity contribution in [2.45, 2.75) is 45.4 Å². The van der Waals surface area contributed by atoms with E-state index in [1.54, 1.807) is 16.2 Å². The number of hydrogen-bond acceptors (Lipinski definition) is 5. The maximum atomic E-state index is 12.1. The van der Waals surface area contributed by atoms with Crippen LogP contribution in [0.25, 0.3) is 10.2 Å². The molecule has 2 aromatic rings. The molecule has 23 heavy (non-hydrogen) atoms. The van der Waals surface area contributed by atoms with Gasteiger partial charge in [0.05, 0.1) is 10.2 Å². The highest BCUT2D eigenvalue weighted by molar-refractivity contribution is 7.18. The van der Waals surface area contributed by atoms with Crippen molar-refractivity contribution in [3.05, 3.63) is 29.3 Å². The van der Waals surface area contributed by atoms with E-state index in [9.17, 15) is 4.79 Å². The van der Waals surface area contributed by atoms with Gasteiger partial charge in [0, 0.05) is 25.7 Å². The van der Waals surface area contributed by atoms with Crippen LogP contribution >= 0.6 is 11.3 Å². The van der Waals surface area contributed by atoms with Gasteiger partial charge in [-0.05, 0) is 39.3 Å². The molecule has 2 heterocycles. The Morgan fingerprint density at radius 3 is 2.96 bits per heavy atom. The van der Waals surface area contributed by atoms with Gasteiger partial charge in [0.15, 0.2) is 0 Å². The first-order valence-corrected chi connectivity index (χ1v) is 8.78. The summed E-state index contributed by atoms with van der Waals surface area (Å²) in [5, 5.41) is 4.59. The smallest absolute Gasteiger partial charge is 0.410 e. The average molecular weight is 333 g/mol. The number of aromatic nitrogens is 1. The second kappa shape index (κ2) is 6.45. The van der Waals surface area contributed by atoms with Crippen LogP contribution in [0.5, 0.6) is 0 Å². The molecule has 3 rings (SSSR count). The van der Waals surface area contributed by atoms with E-state index < -0.39 is 5.60 Å². The molecule has 0 saturated carbocycles. The van der Waals surface area contributed by atoms with Crippen LogP contribution in [0.1, 0.15) is 32.2 Å². The summed E-state index contributed by atoms with van der Waals surface area (Å²) in [6, 6.07) is 8.47. The lowest BCUT2D eigenvalue weighted by molar-refractivity contribution is 0.0291. The average Bonchev–Trinajstić information content (AvgIpc) is 3.09. The number of likely N-dealkylation sites (tertiary alicyclic amines) is 1. The van der Waals surface area contributed by atoms with Crippen molar-refractivity contribution in [1.82, 2.24) is 15.2 Å². The lowest BCUT2D eigenvalue weighted by Gasteiger charge is -2.24. The molecule has 1 fully saturated rings. The van der Waals surface area contributed by atoms with Gasteiger partial charge in [0.1, 0.15) is 10.6 Å². The van der Waals surface area contributed by atoms with Crippen LogP contribution in [0.15, 0.2) is 24.3 Å². The highest BCUT2D eigenvalue weighted by Gasteiger charge is 2.29. The number of carbonyl (C=O) groups excluding carboxylic acids is 1. The third kappa shape index (κ3) is 4.20. The van der Waals surface area contributed by atoms with E-state index >= 15 is 0 Å². The molecule has 0 bridgehead atoms. The van der Waals surface area contributed by atoms with Crippen LogP contribution in [0.4, 0.5) is 4.79 Å².